The highest BCUT2D eigenvalue weighted by molar-refractivity contribution is 5.35. The molecule has 1 aromatic heterocycles. The summed E-state index contributed by atoms with van der Waals surface area (Å²) in [5.41, 5.74) is -0.126. The number of halogens is 3. The fourth-order valence-electron chi connectivity index (χ4n) is 1.69. The molecule has 2 rings (SSSR count). The van der Waals surface area contributed by atoms with E-state index in [1.807, 2.05) is 13.8 Å². The third-order valence-electron chi connectivity index (χ3n) is 2.73. The Morgan fingerprint density at radius 1 is 1.20 bits per heavy atom. The van der Waals surface area contributed by atoms with Gasteiger partial charge in [-0.25, -0.2) is 9.67 Å². The van der Waals surface area contributed by atoms with Crippen LogP contribution < -0.4 is 5.32 Å². The number of benzene rings is 1. The molecule has 20 heavy (non-hydrogen) atoms. The molecule has 4 nitrogen and oxygen atoms in total. The molecule has 108 valence electrons. The van der Waals surface area contributed by atoms with Crippen LogP contribution in [-0.2, 0) is 12.7 Å². The van der Waals surface area contributed by atoms with Crippen molar-refractivity contribution in [1.29, 1.82) is 0 Å². The molecule has 1 aromatic carbocycles. The number of nitrogens with zero attached hydrogens (tertiary/aromatic N) is 3. The predicted molar refractivity (Wildman–Crippen MR) is 68.3 cm³/mol. The van der Waals surface area contributed by atoms with E-state index in [0.717, 1.165) is 12.1 Å². The van der Waals surface area contributed by atoms with Crippen LogP contribution >= 0.6 is 0 Å². The fourth-order valence-corrected chi connectivity index (χ4v) is 1.69. The molecule has 1 N–H and O–H groups in total. The Bertz CT molecular complexity index is 558. The maximum absolute atomic E-state index is 12.5. The van der Waals surface area contributed by atoms with E-state index in [4.69, 9.17) is 0 Å². The monoisotopic (exact) mass is 284 g/mol. The maximum atomic E-state index is 12.5. The minimum absolute atomic E-state index is 0.285. The lowest BCUT2D eigenvalue weighted by molar-refractivity contribution is -0.137. The van der Waals surface area contributed by atoms with Gasteiger partial charge in [0.15, 0.2) is 0 Å². The normalized spacial score (nSPS) is 12.1. The minimum atomic E-state index is -4.33. The Balaban J connectivity index is 2.22. The molecule has 0 bridgehead atoms. The van der Waals surface area contributed by atoms with Gasteiger partial charge in [0.25, 0.3) is 0 Å². The van der Waals surface area contributed by atoms with Gasteiger partial charge < -0.3 is 5.32 Å². The molecule has 0 atom stereocenters. The third-order valence-corrected chi connectivity index (χ3v) is 2.73. The number of aromatic nitrogens is 3. The van der Waals surface area contributed by atoms with Crippen molar-refractivity contribution in [2.75, 3.05) is 0 Å². The van der Waals surface area contributed by atoms with E-state index in [0.29, 0.717) is 18.1 Å². The van der Waals surface area contributed by atoms with Gasteiger partial charge >= 0.3 is 6.18 Å². The van der Waals surface area contributed by atoms with Crippen molar-refractivity contribution in [1.82, 2.24) is 20.1 Å². The summed E-state index contributed by atoms with van der Waals surface area (Å²) in [7, 11) is 0. The largest absolute Gasteiger partial charge is 0.416 e. The van der Waals surface area contributed by atoms with E-state index < -0.39 is 11.7 Å². The Morgan fingerprint density at radius 2 is 1.85 bits per heavy atom. The van der Waals surface area contributed by atoms with Crippen LogP contribution in [0.2, 0.25) is 0 Å². The van der Waals surface area contributed by atoms with E-state index in [1.54, 1.807) is 0 Å². The first kappa shape index (κ1) is 14.5. The standard InChI is InChI=1S/C13H15F3N4/c1-9(2)17-7-12-18-8-19-20(12)11-5-3-10(4-6-11)13(14,15)16/h3-6,8-9,17H,7H2,1-2H3. The summed E-state index contributed by atoms with van der Waals surface area (Å²) >= 11 is 0. The smallest absolute Gasteiger partial charge is 0.308 e. The highest BCUT2D eigenvalue weighted by Gasteiger charge is 2.30. The SMILES string of the molecule is CC(C)NCc1ncnn1-c1ccc(C(F)(F)F)cc1. The van der Waals surface area contributed by atoms with Crippen molar-refractivity contribution >= 4 is 0 Å². The first-order valence-corrected chi connectivity index (χ1v) is 6.18. The lowest BCUT2D eigenvalue weighted by Crippen LogP contribution is -2.24. The molecular formula is C13H15F3N4. The number of rotatable bonds is 4. The molecule has 0 fully saturated rings. The van der Waals surface area contributed by atoms with Gasteiger partial charge in [-0.05, 0) is 24.3 Å². The van der Waals surface area contributed by atoms with Gasteiger partial charge in [0.2, 0.25) is 0 Å². The molecule has 7 heteroatoms. The molecule has 0 saturated heterocycles. The summed E-state index contributed by atoms with van der Waals surface area (Å²) in [6, 6.07) is 5.13. The van der Waals surface area contributed by atoms with Crippen LogP contribution in [0, 0.1) is 0 Å². The molecule has 0 unspecified atom stereocenters. The highest BCUT2D eigenvalue weighted by Crippen LogP contribution is 2.29. The molecule has 0 aliphatic carbocycles. The summed E-state index contributed by atoms with van der Waals surface area (Å²) < 4.78 is 39.0. The molecule has 0 radical (unpaired) electrons. The quantitative estimate of drug-likeness (QED) is 0.938. The van der Waals surface area contributed by atoms with Crippen molar-refractivity contribution < 1.29 is 13.2 Å². The highest BCUT2D eigenvalue weighted by atomic mass is 19.4. The van der Waals surface area contributed by atoms with Crippen molar-refractivity contribution in [2.24, 2.45) is 0 Å². The van der Waals surface area contributed by atoms with Gasteiger partial charge in [0, 0.05) is 6.04 Å². The Hall–Kier alpha value is -1.89. The van der Waals surface area contributed by atoms with Crippen LogP contribution in [0.25, 0.3) is 5.69 Å². The van der Waals surface area contributed by atoms with Crippen LogP contribution in [0.15, 0.2) is 30.6 Å². The van der Waals surface area contributed by atoms with Crippen LogP contribution in [0.5, 0.6) is 0 Å². The Morgan fingerprint density at radius 3 is 2.40 bits per heavy atom. The molecule has 0 spiro atoms. The van der Waals surface area contributed by atoms with Crippen molar-refractivity contribution in [2.45, 2.75) is 32.6 Å². The van der Waals surface area contributed by atoms with E-state index in [1.165, 1.54) is 23.1 Å². The second-order valence-electron chi connectivity index (χ2n) is 4.67. The lowest BCUT2D eigenvalue weighted by Gasteiger charge is -2.11. The fraction of sp³-hybridized carbons (Fsp3) is 0.385. The van der Waals surface area contributed by atoms with E-state index in [9.17, 15) is 13.2 Å². The van der Waals surface area contributed by atoms with Crippen LogP contribution in [0.1, 0.15) is 25.2 Å². The summed E-state index contributed by atoms with van der Waals surface area (Å²) in [5.74, 6) is 0.651. The summed E-state index contributed by atoms with van der Waals surface area (Å²) in [6.45, 7) is 4.50. The molecule has 0 aliphatic heterocycles. The van der Waals surface area contributed by atoms with Crippen LogP contribution in [0.3, 0.4) is 0 Å². The average Bonchev–Trinajstić information content (AvgIpc) is 2.83. The van der Waals surface area contributed by atoms with E-state index in [-0.39, 0.29) is 6.04 Å². The van der Waals surface area contributed by atoms with E-state index >= 15 is 0 Å². The maximum Gasteiger partial charge on any atom is 0.416 e. The molecule has 0 amide bonds. The molecule has 0 aliphatic rings. The summed E-state index contributed by atoms with van der Waals surface area (Å²) in [6.07, 6.45) is -2.95. The Labute approximate surface area is 114 Å². The van der Waals surface area contributed by atoms with Gasteiger partial charge in [-0.15, -0.1) is 0 Å². The van der Waals surface area contributed by atoms with Gasteiger partial charge in [-0.2, -0.15) is 18.3 Å². The first-order chi connectivity index (χ1) is 9.38. The van der Waals surface area contributed by atoms with Crippen molar-refractivity contribution in [3.63, 3.8) is 0 Å². The number of hydrogen-bond donors (Lipinski definition) is 1. The number of hydrogen-bond acceptors (Lipinski definition) is 3. The molecular weight excluding hydrogens is 269 g/mol. The second kappa shape index (κ2) is 5.62. The van der Waals surface area contributed by atoms with Crippen LogP contribution in [0.4, 0.5) is 13.2 Å². The Kier molecular flexibility index (Phi) is 4.08. The van der Waals surface area contributed by atoms with E-state index in [2.05, 4.69) is 15.4 Å². The first-order valence-electron chi connectivity index (χ1n) is 6.18. The summed E-state index contributed by atoms with van der Waals surface area (Å²) in [5, 5.41) is 7.23. The zero-order valence-electron chi connectivity index (χ0n) is 11.1. The molecule has 0 saturated carbocycles. The predicted octanol–water partition coefficient (Wildman–Crippen LogP) is 2.78. The topological polar surface area (TPSA) is 42.7 Å². The zero-order valence-corrected chi connectivity index (χ0v) is 11.1. The number of alkyl halides is 3. The lowest BCUT2D eigenvalue weighted by atomic mass is 10.2. The third kappa shape index (κ3) is 3.36. The minimum Gasteiger partial charge on any atom is -0.308 e. The van der Waals surface area contributed by atoms with Gasteiger partial charge in [-0.3, -0.25) is 0 Å². The van der Waals surface area contributed by atoms with Gasteiger partial charge in [0.05, 0.1) is 17.8 Å². The zero-order chi connectivity index (χ0) is 14.8. The van der Waals surface area contributed by atoms with Crippen molar-refractivity contribution in [3.8, 4) is 5.69 Å². The van der Waals surface area contributed by atoms with Crippen LogP contribution in [-0.4, -0.2) is 20.8 Å². The number of nitrogens with one attached hydrogen (secondary N) is 1. The second-order valence-corrected chi connectivity index (χ2v) is 4.67. The van der Waals surface area contributed by atoms with Gasteiger partial charge in [-0.1, -0.05) is 13.8 Å². The molecule has 1 heterocycles. The summed E-state index contributed by atoms with van der Waals surface area (Å²) in [4.78, 5) is 4.10. The van der Waals surface area contributed by atoms with Gasteiger partial charge in [0.1, 0.15) is 12.2 Å². The van der Waals surface area contributed by atoms with Crippen molar-refractivity contribution in [3.05, 3.63) is 42.0 Å². The average molecular weight is 284 g/mol. The molecule has 2 aromatic rings.